The maximum Gasteiger partial charge on any atom is 0.254 e. The molecule has 1 aromatic heterocycles. The second-order valence-electron chi connectivity index (χ2n) is 5.97. The van der Waals surface area contributed by atoms with Crippen molar-refractivity contribution in [1.29, 1.82) is 0 Å². The molecule has 0 unspecified atom stereocenters. The summed E-state index contributed by atoms with van der Waals surface area (Å²) in [5, 5.41) is 2.65. The highest BCUT2D eigenvalue weighted by Crippen LogP contribution is 2.30. The number of hydrogen-bond donors (Lipinski definition) is 1. The fraction of sp³-hybridized carbons (Fsp3) is 0.333. The highest BCUT2D eigenvalue weighted by molar-refractivity contribution is 5.94. The lowest BCUT2D eigenvalue weighted by Crippen LogP contribution is -2.29. The lowest BCUT2D eigenvalue weighted by Gasteiger charge is -2.22. The Kier molecular flexibility index (Phi) is 5.02. The van der Waals surface area contributed by atoms with Gasteiger partial charge < -0.3 is 10.2 Å². The summed E-state index contributed by atoms with van der Waals surface area (Å²) < 4.78 is 13.6. The van der Waals surface area contributed by atoms with Crippen molar-refractivity contribution < 1.29 is 14.0 Å². The largest absolute Gasteiger partial charge is 0.346 e. The zero-order valence-corrected chi connectivity index (χ0v) is 13.9. The number of hydrogen-bond acceptors (Lipinski definition) is 4. The van der Waals surface area contributed by atoms with E-state index in [-0.39, 0.29) is 24.1 Å². The fourth-order valence-electron chi connectivity index (χ4n) is 3.03. The maximum absolute atomic E-state index is 13.6. The van der Waals surface area contributed by atoms with E-state index in [0.29, 0.717) is 11.4 Å². The topological polar surface area (TPSA) is 75.2 Å². The normalized spacial score (nSPS) is 16.7. The number of carbonyl (C=O) groups is 2. The molecule has 6 nitrogen and oxygen atoms in total. The third-order valence-corrected chi connectivity index (χ3v) is 4.25. The molecule has 7 heteroatoms. The van der Waals surface area contributed by atoms with Gasteiger partial charge in [-0.1, -0.05) is 12.1 Å². The highest BCUT2D eigenvalue weighted by atomic mass is 19.1. The summed E-state index contributed by atoms with van der Waals surface area (Å²) >= 11 is 0. The molecule has 0 radical (unpaired) electrons. The van der Waals surface area contributed by atoms with Crippen molar-refractivity contribution in [2.75, 3.05) is 6.54 Å². The number of rotatable bonds is 4. The second-order valence-corrected chi connectivity index (χ2v) is 5.97. The van der Waals surface area contributed by atoms with Gasteiger partial charge in [0.05, 0.1) is 41.9 Å². The van der Waals surface area contributed by atoms with Crippen molar-refractivity contribution in [2.24, 2.45) is 0 Å². The molecule has 0 spiro atoms. The van der Waals surface area contributed by atoms with Crippen LogP contribution in [0.5, 0.6) is 0 Å². The molecule has 1 aliphatic rings. The van der Waals surface area contributed by atoms with Gasteiger partial charge in [0.2, 0.25) is 5.91 Å². The Morgan fingerprint density at radius 1 is 1.32 bits per heavy atom. The molecular weight excluding hydrogens is 323 g/mol. The molecule has 1 N–H and O–H groups in total. The Bertz CT molecular complexity index is 796. The van der Waals surface area contributed by atoms with Crippen LogP contribution in [-0.4, -0.2) is 33.2 Å². The number of amides is 2. The molecule has 130 valence electrons. The average Bonchev–Trinajstić information content (AvgIpc) is 3.10. The summed E-state index contributed by atoms with van der Waals surface area (Å²) in [6.07, 6.45) is 4.98. The summed E-state index contributed by atoms with van der Waals surface area (Å²) in [6.45, 7) is 2.40. The minimum atomic E-state index is -0.567. The third kappa shape index (κ3) is 3.81. The first kappa shape index (κ1) is 17.0. The molecule has 0 bridgehead atoms. The molecule has 1 saturated heterocycles. The second kappa shape index (κ2) is 7.38. The van der Waals surface area contributed by atoms with E-state index in [1.165, 1.54) is 18.2 Å². The van der Waals surface area contributed by atoms with Gasteiger partial charge in [-0.25, -0.2) is 4.39 Å². The first-order chi connectivity index (χ1) is 12.1. The minimum Gasteiger partial charge on any atom is -0.346 e. The zero-order chi connectivity index (χ0) is 17.8. The van der Waals surface area contributed by atoms with Crippen LogP contribution in [0, 0.1) is 5.82 Å². The Morgan fingerprint density at radius 2 is 2.12 bits per heavy atom. The summed E-state index contributed by atoms with van der Waals surface area (Å²) in [5.41, 5.74) is 1.27. The van der Waals surface area contributed by atoms with Gasteiger partial charge in [-0.2, -0.15) is 0 Å². The fourth-order valence-corrected chi connectivity index (χ4v) is 3.03. The van der Waals surface area contributed by atoms with Crippen LogP contribution in [0.15, 0.2) is 36.7 Å². The number of nitrogens with one attached hydrogen (secondary N) is 1. The molecule has 1 aromatic carbocycles. The maximum atomic E-state index is 13.6. The van der Waals surface area contributed by atoms with E-state index in [9.17, 15) is 14.0 Å². The number of aromatic nitrogens is 2. The third-order valence-electron chi connectivity index (χ3n) is 4.25. The van der Waals surface area contributed by atoms with Gasteiger partial charge in [-0.05, 0) is 25.0 Å². The molecule has 1 fully saturated rings. The standard InChI is InChI=1S/C18H19FN4O2/c1-12(24)23-8-4-7-17(23)16-11-20-9-13(22-16)10-21-18(25)14-5-2-3-6-15(14)19/h2-3,5-6,9,11,17H,4,7-8,10H2,1H3,(H,21,25)/t17-/m0/s1. The van der Waals surface area contributed by atoms with Crippen molar-refractivity contribution in [3.63, 3.8) is 0 Å². The summed E-state index contributed by atoms with van der Waals surface area (Å²) in [6, 6.07) is 5.73. The lowest BCUT2D eigenvalue weighted by atomic mass is 10.1. The number of halogens is 1. The smallest absolute Gasteiger partial charge is 0.254 e. The summed E-state index contributed by atoms with van der Waals surface area (Å²) in [5.74, 6) is -1.05. The first-order valence-electron chi connectivity index (χ1n) is 8.17. The molecule has 0 saturated carbocycles. The van der Waals surface area contributed by atoms with Crippen LogP contribution in [0.1, 0.15) is 47.6 Å². The Balaban J connectivity index is 1.69. The van der Waals surface area contributed by atoms with E-state index >= 15 is 0 Å². The van der Waals surface area contributed by atoms with Crippen LogP contribution in [0.2, 0.25) is 0 Å². The number of carbonyl (C=O) groups excluding carboxylic acids is 2. The van der Waals surface area contributed by atoms with Gasteiger partial charge in [0.25, 0.3) is 5.91 Å². The van der Waals surface area contributed by atoms with Gasteiger partial charge in [0.1, 0.15) is 5.82 Å². The molecule has 2 heterocycles. The quantitative estimate of drug-likeness (QED) is 0.924. The predicted molar refractivity (Wildman–Crippen MR) is 89.0 cm³/mol. The van der Waals surface area contributed by atoms with Crippen molar-refractivity contribution in [1.82, 2.24) is 20.2 Å². The Morgan fingerprint density at radius 3 is 2.88 bits per heavy atom. The van der Waals surface area contributed by atoms with E-state index in [4.69, 9.17) is 0 Å². The molecule has 25 heavy (non-hydrogen) atoms. The zero-order valence-electron chi connectivity index (χ0n) is 13.9. The molecule has 0 aliphatic carbocycles. The highest BCUT2D eigenvalue weighted by Gasteiger charge is 2.29. The number of nitrogens with zero attached hydrogens (tertiary/aromatic N) is 3. The van der Waals surface area contributed by atoms with Crippen LogP contribution in [0.25, 0.3) is 0 Å². The minimum absolute atomic E-state index is 0.00911. The van der Waals surface area contributed by atoms with Crippen molar-refractivity contribution in [2.45, 2.75) is 32.4 Å². The lowest BCUT2D eigenvalue weighted by molar-refractivity contribution is -0.129. The van der Waals surface area contributed by atoms with Crippen molar-refractivity contribution in [3.05, 3.63) is 59.4 Å². The Hall–Kier alpha value is -2.83. The number of benzene rings is 1. The summed E-state index contributed by atoms with van der Waals surface area (Å²) in [7, 11) is 0. The predicted octanol–water partition coefficient (Wildman–Crippen LogP) is 2.23. The molecule has 1 atom stereocenters. The first-order valence-corrected chi connectivity index (χ1v) is 8.17. The van der Waals surface area contributed by atoms with Crippen molar-refractivity contribution in [3.8, 4) is 0 Å². The molecule has 1 aliphatic heterocycles. The van der Waals surface area contributed by atoms with Crippen LogP contribution in [0.4, 0.5) is 4.39 Å². The van der Waals surface area contributed by atoms with Gasteiger partial charge in [0, 0.05) is 13.5 Å². The average molecular weight is 342 g/mol. The van der Waals surface area contributed by atoms with Gasteiger partial charge in [-0.3, -0.25) is 19.6 Å². The van der Waals surface area contributed by atoms with Crippen LogP contribution in [-0.2, 0) is 11.3 Å². The van der Waals surface area contributed by atoms with Crippen LogP contribution >= 0.6 is 0 Å². The van der Waals surface area contributed by atoms with Gasteiger partial charge >= 0.3 is 0 Å². The van der Waals surface area contributed by atoms with E-state index in [1.54, 1.807) is 30.3 Å². The molecule has 2 amide bonds. The van der Waals surface area contributed by atoms with E-state index < -0.39 is 11.7 Å². The van der Waals surface area contributed by atoms with Gasteiger partial charge in [0.15, 0.2) is 0 Å². The molecular formula is C18H19FN4O2. The van der Waals surface area contributed by atoms with Crippen LogP contribution < -0.4 is 5.32 Å². The number of likely N-dealkylation sites (tertiary alicyclic amines) is 1. The van der Waals surface area contributed by atoms with E-state index in [1.807, 2.05) is 0 Å². The molecule has 3 rings (SSSR count). The van der Waals surface area contributed by atoms with E-state index in [2.05, 4.69) is 15.3 Å². The Labute approximate surface area is 145 Å². The molecule has 2 aromatic rings. The van der Waals surface area contributed by atoms with Crippen molar-refractivity contribution >= 4 is 11.8 Å². The monoisotopic (exact) mass is 342 g/mol. The SMILES string of the molecule is CC(=O)N1CCC[C@H]1c1cncc(CNC(=O)c2ccccc2F)n1. The summed E-state index contributed by atoms with van der Waals surface area (Å²) in [4.78, 5) is 34.2. The van der Waals surface area contributed by atoms with Gasteiger partial charge in [-0.15, -0.1) is 0 Å². The van der Waals surface area contributed by atoms with E-state index in [0.717, 1.165) is 19.4 Å². The van der Waals surface area contributed by atoms with Crippen LogP contribution in [0.3, 0.4) is 0 Å².